The SMILES string of the molecule is O=C(O)NS(=O)(=O)NCCc1cccs1. The maximum Gasteiger partial charge on any atom is 0.419 e. The molecule has 0 saturated carbocycles. The van der Waals surface area contributed by atoms with Gasteiger partial charge in [-0.25, -0.2) is 9.52 Å². The molecule has 0 aliphatic carbocycles. The van der Waals surface area contributed by atoms with Crippen molar-refractivity contribution < 1.29 is 18.3 Å². The number of hydrogen-bond donors (Lipinski definition) is 3. The Labute approximate surface area is 91.1 Å². The molecule has 84 valence electrons. The molecule has 15 heavy (non-hydrogen) atoms. The minimum atomic E-state index is -3.93. The number of thiophene rings is 1. The van der Waals surface area contributed by atoms with Crippen molar-refractivity contribution in [1.82, 2.24) is 9.44 Å². The molecule has 6 nitrogen and oxygen atoms in total. The van der Waals surface area contributed by atoms with Crippen LogP contribution < -0.4 is 9.44 Å². The number of amides is 1. The summed E-state index contributed by atoms with van der Waals surface area (Å²) in [5.41, 5.74) is 0. The van der Waals surface area contributed by atoms with E-state index in [9.17, 15) is 13.2 Å². The van der Waals surface area contributed by atoms with E-state index in [2.05, 4.69) is 4.72 Å². The third kappa shape index (κ3) is 4.77. The first kappa shape index (κ1) is 12.0. The molecule has 0 fully saturated rings. The van der Waals surface area contributed by atoms with Gasteiger partial charge in [-0.15, -0.1) is 11.3 Å². The van der Waals surface area contributed by atoms with Crippen LogP contribution in [0.3, 0.4) is 0 Å². The minimum absolute atomic E-state index is 0.170. The molecule has 1 aromatic rings. The van der Waals surface area contributed by atoms with Gasteiger partial charge < -0.3 is 5.11 Å². The number of rotatable bonds is 5. The van der Waals surface area contributed by atoms with Crippen molar-refractivity contribution in [3.63, 3.8) is 0 Å². The Morgan fingerprint density at radius 2 is 2.27 bits per heavy atom. The van der Waals surface area contributed by atoms with Crippen LogP contribution in [0.5, 0.6) is 0 Å². The molecule has 0 aliphatic heterocycles. The molecule has 0 aliphatic rings. The Kier molecular flexibility index (Phi) is 4.06. The van der Waals surface area contributed by atoms with E-state index in [1.54, 1.807) is 0 Å². The predicted octanol–water partition coefficient (Wildman–Crippen LogP) is 0.393. The highest BCUT2D eigenvalue weighted by molar-refractivity contribution is 7.88. The summed E-state index contributed by atoms with van der Waals surface area (Å²) < 4.78 is 25.4. The monoisotopic (exact) mass is 250 g/mol. The molecular formula is C7H10N2O4S2. The van der Waals surface area contributed by atoms with E-state index in [0.29, 0.717) is 6.42 Å². The second-order valence-corrected chi connectivity index (χ2v) is 5.17. The number of carboxylic acid groups (broad SMARTS) is 1. The summed E-state index contributed by atoms with van der Waals surface area (Å²) in [6, 6.07) is 3.74. The molecule has 0 atom stereocenters. The smallest absolute Gasteiger partial charge is 0.419 e. The van der Waals surface area contributed by atoms with Crippen molar-refractivity contribution in [3.8, 4) is 0 Å². The van der Waals surface area contributed by atoms with Crippen LogP contribution in [0.2, 0.25) is 0 Å². The van der Waals surface area contributed by atoms with E-state index in [-0.39, 0.29) is 6.54 Å². The maximum atomic E-state index is 11.0. The third-order valence-electron chi connectivity index (χ3n) is 1.47. The topological polar surface area (TPSA) is 95.5 Å². The molecule has 1 rings (SSSR count). The third-order valence-corrected chi connectivity index (χ3v) is 3.43. The molecule has 0 aromatic carbocycles. The molecule has 0 saturated heterocycles. The first-order valence-corrected chi connectivity index (χ1v) is 6.38. The average molecular weight is 250 g/mol. The van der Waals surface area contributed by atoms with Crippen molar-refractivity contribution in [2.24, 2.45) is 0 Å². The fourth-order valence-corrected chi connectivity index (χ4v) is 2.30. The Morgan fingerprint density at radius 1 is 1.53 bits per heavy atom. The van der Waals surface area contributed by atoms with Gasteiger partial charge in [0.25, 0.3) is 0 Å². The molecule has 1 heterocycles. The summed E-state index contributed by atoms with van der Waals surface area (Å²) in [6.45, 7) is 0.170. The van der Waals surface area contributed by atoms with Crippen molar-refractivity contribution in [3.05, 3.63) is 22.4 Å². The molecule has 8 heteroatoms. The van der Waals surface area contributed by atoms with Crippen LogP contribution in [0, 0.1) is 0 Å². The van der Waals surface area contributed by atoms with Gasteiger partial charge in [0, 0.05) is 11.4 Å². The molecular weight excluding hydrogens is 240 g/mol. The Hall–Kier alpha value is -1.12. The summed E-state index contributed by atoms with van der Waals surface area (Å²) in [7, 11) is -3.93. The first-order chi connectivity index (χ1) is 6.99. The minimum Gasteiger partial charge on any atom is -0.464 e. The first-order valence-electron chi connectivity index (χ1n) is 4.02. The van der Waals surface area contributed by atoms with Gasteiger partial charge in [-0.05, 0) is 17.9 Å². The van der Waals surface area contributed by atoms with E-state index in [1.807, 2.05) is 17.5 Å². The Morgan fingerprint density at radius 3 is 2.80 bits per heavy atom. The maximum absolute atomic E-state index is 11.0. The van der Waals surface area contributed by atoms with E-state index in [1.165, 1.54) is 16.1 Å². The summed E-state index contributed by atoms with van der Waals surface area (Å²) in [5, 5.41) is 10.1. The standard InChI is InChI=1S/C7H10N2O4S2/c10-7(11)9-15(12,13)8-4-3-6-2-1-5-14-6/h1-2,5,8-9H,3-4H2,(H,10,11). The Bertz CT molecular complexity index is 412. The molecule has 0 unspecified atom stereocenters. The average Bonchev–Trinajstić information content (AvgIpc) is 2.53. The zero-order chi connectivity index (χ0) is 11.3. The van der Waals surface area contributed by atoms with Gasteiger partial charge in [0.15, 0.2) is 0 Å². The second-order valence-electron chi connectivity index (χ2n) is 2.63. The number of nitrogens with one attached hydrogen (secondary N) is 2. The normalized spacial score (nSPS) is 11.2. The van der Waals surface area contributed by atoms with E-state index < -0.39 is 16.3 Å². The van der Waals surface area contributed by atoms with Gasteiger partial charge in [0.05, 0.1) is 0 Å². The molecule has 1 aromatic heterocycles. The summed E-state index contributed by atoms with van der Waals surface area (Å²) in [4.78, 5) is 11.1. The quantitative estimate of drug-likeness (QED) is 0.704. The van der Waals surface area contributed by atoms with E-state index in [4.69, 9.17) is 5.11 Å². The van der Waals surface area contributed by atoms with Crippen LogP contribution in [0.4, 0.5) is 4.79 Å². The van der Waals surface area contributed by atoms with Gasteiger partial charge in [-0.2, -0.15) is 13.1 Å². The fraction of sp³-hybridized carbons (Fsp3) is 0.286. The van der Waals surface area contributed by atoms with Crippen LogP contribution in [0.15, 0.2) is 17.5 Å². The predicted molar refractivity (Wildman–Crippen MR) is 56.1 cm³/mol. The van der Waals surface area contributed by atoms with Crippen LogP contribution in [0.1, 0.15) is 4.88 Å². The molecule has 0 bridgehead atoms. The van der Waals surface area contributed by atoms with E-state index >= 15 is 0 Å². The number of hydrogen-bond acceptors (Lipinski definition) is 4. The van der Waals surface area contributed by atoms with Crippen molar-refractivity contribution in [2.75, 3.05) is 6.54 Å². The highest BCUT2D eigenvalue weighted by Gasteiger charge is 2.11. The van der Waals surface area contributed by atoms with Gasteiger partial charge in [-0.1, -0.05) is 6.07 Å². The Balaban J connectivity index is 2.34. The molecule has 3 N–H and O–H groups in total. The lowest BCUT2D eigenvalue weighted by atomic mass is 10.3. The molecule has 1 amide bonds. The summed E-state index contributed by atoms with van der Waals surface area (Å²) in [6.07, 6.45) is -1.06. The van der Waals surface area contributed by atoms with Crippen LogP contribution in [-0.2, 0) is 16.6 Å². The molecule has 0 spiro atoms. The fourth-order valence-electron chi connectivity index (χ4n) is 0.914. The van der Waals surface area contributed by atoms with Gasteiger partial charge in [-0.3, -0.25) is 0 Å². The lowest BCUT2D eigenvalue weighted by Gasteiger charge is -2.04. The van der Waals surface area contributed by atoms with Crippen molar-refractivity contribution >= 4 is 27.6 Å². The zero-order valence-corrected chi connectivity index (χ0v) is 9.27. The van der Waals surface area contributed by atoms with E-state index in [0.717, 1.165) is 4.88 Å². The van der Waals surface area contributed by atoms with Crippen LogP contribution in [0.25, 0.3) is 0 Å². The largest absolute Gasteiger partial charge is 0.464 e. The lowest BCUT2D eigenvalue weighted by Crippen LogP contribution is -2.40. The highest BCUT2D eigenvalue weighted by atomic mass is 32.2. The van der Waals surface area contributed by atoms with Crippen molar-refractivity contribution in [2.45, 2.75) is 6.42 Å². The highest BCUT2D eigenvalue weighted by Crippen LogP contribution is 2.08. The van der Waals surface area contributed by atoms with Crippen molar-refractivity contribution in [1.29, 1.82) is 0 Å². The second kappa shape index (κ2) is 5.10. The van der Waals surface area contributed by atoms with Gasteiger partial charge >= 0.3 is 16.3 Å². The zero-order valence-electron chi connectivity index (χ0n) is 7.63. The molecule has 0 radical (unpaired) electrons. The summed E-state index contributed by atoms with van der Waals surface area (Å²) in [5.74, 6) is 0. The van der Waals surface area contributed by atoms with Gasteiger partial charge in [0.2, 0.25) is 0 Å². The number of carbonyl (C=O) groups is 1. The van der Waals surface area contributed by atoms with Crippen LogP contribution >= 0.6 is 11.3 Å². The summed E-state index contributed by atoms with van der Waals surface area (Å²) >= 11 is 1.52. The van der Waals surface area contributed by atoms with Crippen LogP contribution in [-0.4, -0.2) is 26.2 Å². The lowest BCUT2D eigenvalue weighted by molar-refractivity contribution is 0.201. The van der Waals surface area contributed by atoms with Gasteiger partial charge in [0.1, 0.15) is 0 Å².